The number of hydrogen-bond acceptors (Lipinski definition) is 2. The van der Waals surface area contributed by atoms with Crippen molar-refractivity contribution in [3.63, 3.8) is 0 Å². The second-order valence-electron chi connectivity index (χ2n) is 9.41. The molecule has 0 fully saturated rings. The highest BCUT2D eigenvalue weighted by atomic mass is 16.5. The van der Waals surface area contributed by atoms with Crippen LogP contribution in [-0.2, 0) is 14.9 Å². The van der Waals surface area contributed by atoms with Crippen molar-refractivity contribution in [3.05, 3.63) is 113 Å². The number of ether oxygens (including phenoxy) is 1. The molecule has 1 spiro atoms. The number of carbonyl (C=O) groups excluding carboxylic acids is 1. The molecular formula is C29H25NO2. The summed E-state index contributed by atoms with van der Waals surface area (Å²) in [5.74, 6) is 1.08. The second kappa shape index (κ2) is 6.70. The Balaban J connectivity index is 1.70. The first-order valence-electron chi connectivity index (χ1n) is 11.2. The van der Waals surface area contributed by atoms with E-state index in [-0.39, 0.29) is 11.8 Å². The zero-order valence-corrected chi connectivity index (χ0v) is 18.3. The van der Waals surface area contributed by atoms with Crippen LogP contribution in [0.15, 0.2) is 96.6 Å². The lowest BCUT2D eigenvalue weighted by molar-refractivity contribution is -0.123. The summed E-state index contributed by atoms with van der Waals surface area (Å²) in [6, 6.07) is 28.7. The van der Waals surface area contributed by atoms with Crippen LogP contribution in [-0.4, -0.2) is 12.5 Å². The Hall–Kier alpha value is -3.59. The zero-order valence-electron chi connectivity index (χ0n) is 18.3. The number of rotatable bonds is 2. The van der Waals surface area contributed by atoms with Crippen molar-refractivity contribution in [2.75, 3.05) is 11.9 Å². The van der Waals surface area contributed by atoms with Gasteiger partial charge < -0.3 is 10.1 Å². The van der Waals surface area contributed by atoms with Crippen molar-refractivity contribution in [2.45, 2.75) is 19.3 Å². The largest absolute Gasteiger partial charge is 0.492 e. The van der Waals surface area contributed by atoms with Crippen LogP contribution in [0.4, 0.5) is 5.69 Å². The van der Waals surface area contributed by atoms with Crippen LogP contribution in [0.3, 0.4) is 0 Å². The highest BCUT2D eigenvalue weighted by molar-refractivity contribution is 6.16. The van der Waals surface area contributed by atoms with Gasteiger partial charge in [-0.05, 0) is 34.3 Å². The van der Waals surface area contributed by atoms with E-state index in [1.807, 2.05) is 54.6 Å². The first kappa shape index (κ1) is 19.1. The lowest BCUT2D eigenvalue weighted by Gasteiger charge is -2.50. The second-order valence-corrected chi connectivity index (χ2v) is 9.41. The molecule has 3 nitrogen and oxygen atoms in total. The fourth-order valence-corrected chi connectivity index (χ4v) is 6.06. The van der Waals surface area contributed by atoms with Crippen LogP contribution >= 0.6 is 0 Å². The molecule has 3 aromatic carbocycles. The Kier molecular flexibility index (Phi) is 4.00. The van der Waals surface area contributed by atoms with Crippen molar-refractivity contribution in [1.82, 2.24) is 0 Å². The lowest BCUT2D eigenvalue weighted by Crippen LogP contribution is -2.54. The molecule has 0 radical (unpaired) electrons. The minimum absolute atomic E-state index is 0.0472. The molecule has 1 aliphatic carbocycles. The normalized spacial score (nSPS) is 25.1. The van der Waals surface area contributed by atoms with Gasteiger partial charge >= 0.3 is 0 Å². The average molecular weight is 420 g/mol. The lowest BCUT2D eigenvalue weighted by atomic mass is 9.49. The highest BCUT2D eigenvalue weighted by Gasteiger charge is 2.64. The van der Waals surface area contributed by atoms with E-state index in [1.54, 1.807) is 0 Å². The molecule has 6 rings (SSSR count). The van der Waals surface area contributed by atoms with Crippen LogP contribution in [0, 0.1) is 11.3 Å². The molecule has 2 atom stereocenters. The van der Waals surface area contributed by atoms with E-state index in [1.165, 1.54) is 5.57 Å². The topological polar surface area (TPSA) is 38.3 Å². The van der Waals surface area contributed by atoms with Gasteiger partial charge in [0.15, 0.2) is 0 Å². The van der Waals surface area contributed by atoms with E-state index in [0.717, 1.165) is 33.7 Å². The minimum Gasteiger partial charge on any atom is -0.492 e. The molecule has 158 valence electrons. The number of anilines is 1. The van der Waals surface area contributed by atoms with Gasteiger partial charge in [0.05, 0.1) is 6.61 Å². The summed E-state index contributed by atoms with van der Waals surface area (Å²) in [6.07, 6.45) is 2.24. The molecule has 1 N–H and O–H groups in total. The molecule has 0 saturated heterocycles. The van der Waals surface area contributed by atoms with Crippen molar-refractivity contribution in [2.24, 2.45) is 11.3 Å². The Bertz CT molecular complexity index is 1290. The minimum atomic E-state index is -0.797. The van der Waals surface area contributed by atoms with Crippen molar-refractivity contribution in [1.29, 1.82) is 0 Å². The predicted octanol–water partition coefficient (Wildman–Crippen LogP) is 6.06. The van der Waals surface area contributed by atoms with E-state index < -0.39 is 10.8 Å². The van der Waals surface area contributed by atoms with Gasteiger partial charge in [-0.25, -0.2) is 0 Å². The van der Waals surface area contributed by atoms with Crippen LogP contribution in [0.2, 0.25) is 0 Å². The summed E-state index contributed by atoms with van der Waals surface area (Å²) in [4.78, 5) is 13.9. The average Bonchev–Trinajstić information content (AvgIpc) is 3.38. The Labute approximate surface area is 188 Å². The number of carbonyl (C=O) groups is 1. The van der Waals surface area contributed by atoms with Gasteiger partial charge in [-0.1, -0.05) is 92.7 Å². The molecule has 0 unspecified atom stereocenters. The van der Waals surface area contributed by atoms with Crippen LogP contribution in [0.1, 0.15) is 30.5 Å². The third kappa shape index (κ3) is 2.34. The molecule has 1 amide bonds. The standard InChI is InChI=1S/C29H25NO2/c1-28(2)24-18-32-26(20-13-7-4-8-14-20)21(24)17-23(19-11-5-3-6-12-19)29(28)22-15-9-10-16-25(22)30-27(29)31/h3-17,24H,18H2,1-2H3,(H,30,31)/t24-,29-/m0/s1. The molecule has 2 aliphatic heterocycles. The smallest absolute Gasteiger partial charge is 0.240 e. The first-order chi connectivity index (χ1) is 15.5. The van der Waals surface area contributed by atoms with Gasteiger partial charge in [0.2, 0.25) is 5.91 Å². The maximum atomic E-state index is 13.9. The van der Waals surface area contributed by atoms with Gasteiger partial charge in [-0.15, -0.1) is 0 Å². The van der Waals surface area contributed by atoms with E-state index in [2.05, 4.69) is 55.6 Å². The quantitative estimate of drug-likeness (QED) is 0.548. The van der Waals surface area contributed by atoms with Crippen LogP contribution in [0.5, 0.6) is 0 Å². The molecule has 2 heterocycles. The van der Waals surface area contributed by atoms with E-state index in [9.17, 15) is 4.79 Å². The first-order valence-corrected chi connectivity index (χ1v) is 11.2. The Morgan fingerprint density at radius 3 is 2.19 bits per heavy atom. The summed E-state index contributed by atoms with van der Waals surface area (Å²) in [5.41, 5.74) is 5.12. The summed E-state index contributed by atoms with van der Waals surface area (Å²) in [5, 5.41) is 3.20. The number of amides is 1. The molecule has 3 heteroatoms. The number of fused-ring (bicyclic) bond motifs is 3. The fraction of sp³-hybridized carbons (Fsp3) is 0.207. The summed E-state index contributed by atoms with van der Waals surface area (Å²) in [7, 11) is 0. The number of hydrogen-bond donors (Lipinski definition) is 1. The van der Waals surface area contributed by atoms with Gasteiger partial charge in [-0.3, -0.25) is 4.79 Å². The molecule has 3 aliphatic rings. The van der Waals surface area contributed by atoms with Gasteiger partial charge in [0, 0.05) is 22.7 Å². The van der Waals surface area contributed by atoms with Crippen LogP contribution < -0.4 is 5.32 Å². The van der Waals surface area contributed by atoms with E-state index >= 15 is 0 Å². The molecular weight excluding hydrogens is 394 g/mol. The molecule has 0 bridgehead atoms. The predicted molar refractivity (Wildman–Crippen MR) is 128 cm³/mol. The number of allylic oxidation sites excluding steroid dienone is 1. The Morgan fingerprint density at radius 1 is 0.844 bits per heavy atom. The molecule has 3 aromatic rings. The van der Waals surface area contributed by atoms with Gasteiger partial charge in [0.1, 0.15) is 11.2 Å². The maximum absolute atomic E-state index is 13.9. The van der Waals surface area contributed by atoms with Crippen LogP contribution in [0.25, 0.3) is 11.3 Å². The number of para-hydroxylation sites is 1. The highest BCUT2D eigenvalue weighted by Crippen LogP contribution is 2.65. The van der Waals surface area contributed by atoms with E-state index in [0.29, 0.717) is 6.61 Å². The third-order valence-corrected chi connectivity index (χ3v) is 7.61. The number of benzene rings is 3. The maximum Gasteiger partial charge on any atom is 0.240 e. The zero-order chi connectivity index (χ0) is 21.9. The van der Waals surface area contributed by atoms with Crippen molar-refractivity contribution < 1.29 is 9.53 Å². The summed E-state index contributed by atoms with van der Waals surface area (Å²) in [6.45, 7) is 5.03. The number of nitrogens with one attached hydrogen (secondary N) is 1. The van der Waals surface area contributed by atoms with Crippen molar-refractivity contribution in [3.8, 4) is 0 Å². The third-order valence-electron chi connectivity index (χ3n) is 7.61. The SMILES string of the molecule is CC1(C)[C@H]2COC(c3ccccc3)=C2C=C(c2ccccc2)[C@@]12C(=O)Nc1ccccc12. The van der Waals surface area contributed by atoms with Gasteiger partial charge in [-0.2, -0.15) is 0 Å². The summed E-state index contributed by atoms with van der Waals surface area (Å²) < 4.78 is 6.34. The fourth-order valence-electron chi connectivity index (χ4n) is 6.06. The summed E-state index contributed by atoms with van der Waals surface area (Å²) >= 11 is 0. The molecule has 0 saturated carbocycles. The Morgan fingerprint density at radius 2 is 1.47 bits per heavy atom. The monoisotopic (exact) mass is 419 g/mol. The molecule has 32 heavy (non-hydrogen) atoms. The van der Waals surface area contributed by atoms with E-state index in [4.69, 9.17) is 4.74 Å². The van der Waals surface area contributed by atoms with Gasteiger partial charge in [0.25, 0.3) is 0 Å². The molecule has 0 aromatic heterocycles. The van der Waals surface area contributed by atoms with Crippen molar-refractivity contribution >= 4 is 22.9 Å².